The van der Waals surface area contributed by atoms with Crippen LogP contribution in [0.1, 0.15) is 37.4 Å². The number of ether oxygens (including phenoxy) is 1. The summed E-state index contributed by atoms with van der Waals surface area (Å²) in [5, 5.41) is 9.28. The number of pyridine rings is 1. The molecule has 1 saturated heterocycles. The lowest BCUT2D eigenvalue weighted by atomic mass is 10.1. The van der Waals surface area contributed by atoms with Gasteiger partial charge in [0.2, 0.25) is 0 Å². The molecule has 106 valence electrons. The second-order valence-corrected chi connectivity index (χ2v) is 5.21. The predicted octanol–water partition coefficient (Wildman–Crippen LogP) is 2.28. The fraction of sp³-hybridized carbons (Fsp3) is 0.667. The monoisotopic (exact) mass is 264 g/mol. The molecule has 0 radical (unpaired) electrons. The Morgan fingerprint density at radius 2 is 2.32 bits per heavy atom. The molecule has 1 atom stereocenters. The Hall–Kier alpha value is -1.13. The lowest BCUT2D eigenvalue weighted by Crippen LogP contribution is -2.40. The van der Waals surface area contributed by atoms with Crippen molar-refractivity contribution in [3.63, 3.8) is 0 Å². The van der Waals surface area contributed by atoms with Gasteiger partial charge in [0.25, 0.3) is 0 Å². The first-order valence-corrected chi connectivity index (χ1v) is 7.18. The molecule has 4 heteroatoms. The number of piperidine rings is 1. The molecule has 1 aromatic heterocycles. The molecule has 0 bridgehead atoms. The highest BCUT2D eigenvalue weighted by Crippen LogP contribution is 2.21. The highest BCUT2D eigenvalue weighted by molar-refractivity contribution is 5.43. The van der Waals surface area contributed by atoms with Crippen molar-refractivity contribution in [2.45, 2.75) is 45.8 Å². The minimum absolute atomic E-state index is 0.0694. The summed E-state index contributed by atoms with van der Waals surface area (Å²) in [5.74, 6) is 0.967. The summed E-state index contributed by atoms with van der Waals surface area (Å²) in [5.41, 5.74) is 1.89. The van der Waals surface area contributed by atoms with Crippen LogP contribution in [0.5, 0.6) is 0 Å². The van der Waals surface area contributed by atoms with Crippen molar-refractivity contribution in [3.05, 3.63) is 23.4 Å². The molecule has 1 N–H and O–H groups in total. The fourth-order valence-electron chi connectivity index (χ4n) is 2.54. The van der Waals surface area contributed by atoms with E-state index in [1.807, 2.05) is 19.1 Å². The van der Waals surface area contributed by atoms with Gasteiger partial charge in [-0.05, 0) is 43.9 Å². The van der Waals surface area contributed by atoms with Crippen molar-refractivity contribution in [2.75, 3.05) is 24.6 Å². The zero-order valence-corrected chi connectivity index (χ0v) is 11.9. The average Bonchev–Trinajstić information content (AvgIpc) is 2.44. The molecule has 2 rings (SSSR count). The summed E-state index contributed by atoms with van der Waals surface area (Å²) in [4.78, 5) is 6.85. The predicted molar refractivity (Wildman–Crippen MR) is 76.4 cm³/mol. The topological polar surface area (TPSA) is 45.6 Å². The van der Waals surface area contributed by atoms with Gasteiger partial charge in [-0.2, -0.15) is 0 Å². The Morgan fingerprint density at radius 3 is 3.05 bits per heavy atom. The summed E-state index contributed by atoms with van der Waals surface area (Å²) >= 11 is 0. The maximum Gasteiger partial charge on any atom is 0.129 e. The number of aromatic nitrogens is 1. The Balaban J connectivity index is 2.06. The van der Waals surface area contributed by atoms with Crippen molar-refractivity contribution < 1.29 is 9.84 Å². The Morgan fingerprint density at radius 1 is 1.47 bits per heavy atom. The summed E-state index contributed by atoms with van der Waals surface area (Å²) < 4.78 is 5.85. The fourth-order valence-corrected chi connectivity index (χ4v) is 2.54. The lowest BCUT2D eigenvalue weighted by molar-refractivity contribution is 0.0439. The third-order valence-electron chi connectivity index (χ3n) is 3.44. The summed E-state index contributed by atoms with van der Waals surface area (Å²) in [6, 6.07) is 3.91. The van der Waals surface area contributed by atoms with Gasteiger partial charge in [0.15, 0.2) is 0 Å². The van der Waals surface area contributed by atoms with Crippen LogP contribution in [0.25, 0.3) is 0 Å². The van der Waals surface area contributed by atoms with Gasteiger partial charge in [-0.25, -0.2) is 4.98 Å². The van der Waals surface area contributed by atoms with Crippen LogP contribution in [0, 0.1) is 6.92 Å². The van der Waals surface area contributed by atoms with E-state index in [4.69, 9.17) is 4.74 Å². The van der Waals surface area contributed by atoms with E-state index in [9.17, 15) is 5.11 Å². The van der Waals surface area contributed by atoms with Crippen molar-refractivity contribution in [1.29, 1.82) is 0 Å². The van der Waals surface area contributed by atoms with Gasteiger partial charge in [0, 0.05) is 25.4 Å². The van der Waals surface area contributed by atoms with E-state index < -0.39 is 0 Å². The first-order valence-electron chi connectivity index (χ1n) is 7.18. The average molecular weight is 264 g/mol. The van der Waals surface area contributed by atoms with Gasteiger partial charge in [-0.3, -0.25) is 0 Å². The van der Waals surface area contributed by atoms with E-state index in [1.165, 1.54) is 0 Å². The maximum atomic E-state index is 9.28. The van der Waals surface area contributed by atoms with Gasteiger partial charge in [-0.15, -0.1) is 0 Å². The number of aryl methyl sites for hydroxylation is 1. The number of aliphatic hydroxyl groups excluding tert-OH is 1. The Bertz CT molecular complexity index is 409. The molecule has 19 heavy (non-hydrogen) atoms. The molecular formula is C15H24N2O2. The normalized spacial score (nSPS) is 19.7. The van der Waals surface area contributed by atoms with Crippen molar-refractivity contribution >= 4 is 5.82 Å². The molecule has 2 heterocycles. The first-order chi connectivity index (χ1) is 9.22. The number of hydrogen-bond donors (Lipinski definition) is 1. The second-order valence-electron chi connectivity index (χ2n) is 5.21. The molecule has 1 aromatic rings. The number of nitrogens with zero attached hydrogens (tertiary/aromatic N) is 2. The molecule has 1 aliphatic heterocycles. The highest BCUT2D eigenvalue weighted by atomic mass is 16.5. The minimum atomic E-state index is 0.0694. The standard InChI is InChI=1S/C15H24N2O2/c1-3-7-19-14-5-4-6-17(10-14)15-9-13(11-18)8-12(2)16-15/h8-9,14,18H,3-7,10-11H2,1-2H3. The zero-order valence-electron chi connectivity index (χ0n) is 11.9. The SMILES string of the molecule is CCCOC1CCCN(c2cc(CO)cc(C)n2)C1. The van der Waals surface area contributed by atoms with Gasteiger partial charge < -0.3 is 14.7 Å². The van der Waals surface area contributed by atoms with Crippen LogP contribution in [-0.2, 0) is 11.3 Å². The Kier molecular flexibility index (Phi) is 5.16. The summed E-state index contributed by atoms with van der Waals surface area (Å²) in [6.45, 7) is 6.93. The molecule has 1 unspecified atom stereocenters. The quantitative estimate of drug-likeness (QED) is 0.886. The molecule has 1 aliphatic rings. The molecule has 0 aliphatic carbocycles. The van der Waals surface area contributed by atoms with Crippen LogP contribution in [0.2, 0.25) is 0 Å². The van der Waals surface area contributed by atoms with E-state index in [1.54, 1.807) is 0 Å². The molecule has 0 saturated carbocycles. The van der Waals surface area contributed by atoms with Gasteiger partial charge in [-0.1, -0.05) is 6.92 Å². The van der Waals surface area contributed by atoms with E-state index in [0.29, 0.717) is 6.10 Å². The Labute approximate surface area is 115 Å². The van der Waals surface area contributed by atoms with Gasteiger partial charge in [0.05, 0.1) is 12.7 Å². The molecule has 4 nitrogen and oxygen atoms in total. The van der Waals surface area contributed by atoms with Gasteiger partial charge in [0.1, 0.15) is 5.82 Å². The molecule has 1 fully saturated rings. The number of hydrogen-bond acceptors (Lipinski definition) is 4. The van der Waals surface area contributed by atoms with Crippen LogP contribution in [0.3, 0.4) is 0 Å². The highest BCUT2D eigenvalue weighted by Gasteiger charge is 2.21. The van der Waals surface area contributed by atoms with Crippen LogP contribution < -0.4 is 4.90 Å². The molecular weight excluding hydrogens is 240 g/mol. The third kappa shape index (κ3) is 3.91. The van der Waals surface area contributed by atoms with E-state index in [2.05, 4.69) is 16.8 Å². The van der Waals surface area contributed by atoms with Gasteiger partial charge >= 0.3 is 0 Å². The summed E-state index contributed by atoms with van der Waals surface area (Å²) in [6.07, 6.45) is 3.65. The largest absolute Gasteiger partial charge is 0.392 e. The summed E-state index contributed by atoms with van der Waals surface area (Å²) in [7, 11) is 0. The zero-order chi connectivity index (χ0) is 13.7. The van der Waals surface area contributed by atoms with Crippen molar-refractivity contribution in [1.82, 2.24) is 4.98 Å². The maximum absolute atomic E-state index is 9.28. The number of rotatable bonds is 5. The van der Waals surface area contributed by atoms with Crippen LogP contribution in [0.15, 0.2) is 12.1 Å². The van der Waals surface area contributed by atoms with Crippen molar-refractivity contribution in [2.24, 2.45) is 0 Å². The second kappa shape index (κ2) is 6.87. The third-order valence-corrected chi connectivity index (χ3v) is 3.44. The molecule has 0 amide bonds. The first kappa shape index (κ1) is 14.3. The van der Waals surface area contributed by atoms with Crippen LogP contribution in [-0.4, -0.2) is 35.9 Å². The van der Waals surface area contributed by atoms with Crippen LogP contribution >= 0.6 is 0 Å². The lowest BCUT2D eigenvalue weighted by Gasteiger charge is -2.33. The molecule has 0 aromatic carbocycles. The van der Waals surface area contributed by atoms with E-state index >= 15 is 0 Å². The van der Waals surface area contributed by atoms with E-state index in [-0.39, 0.29) is 6.61 Å². The van der Waals surface area contributed by atoms with E-state index in [0.717, 1.165) is 56.0 Å². The number of anilines is 1. The molecule has 0 spiro atoms. The minimum Gasteiger partial charge on any atom is -0.392 e. The number of aliphatic hydroxyl groups is 1. The smallest absolute Gasteiger partial charge is 0.129 e. The van der Waals surface area contributed by atoms with Crippen molar-refractivity contribution in [3.8, 4) is 0 Å². The van der Waals surface area contributed by atoms with Crippen LogP contribution in [0.4, 0.5) is 5.82 Å².